The first-order valence-electron chi connectivity index (χ1n) is 7.28. The fraction of sp³-hybridized carbons (Fsp3) is 0.500. The Hall–Kier alpha value is -1.88. The molecule has 2 aliphatic rings. The van der Waals surface area contributed by atoms with E-state index in [-0.39, 0.29) is 29.9 Å². The molecule has 2 aliphatic heterocycles. The lowest BCUT2D eigenvalue weighted by molar-refractivity contribution is -0.135. The highest BCUT2D eigenvalue weighted by atomic mass is 16.5. The van der Waals surface area contributed by atoms with E-state index in [1.54, 1.807) is 19.0 Å². The van der Waals surface area contributed by atoms with Crippen molar-refractivity contribution in [1.82, 2.24) is 9.80 Å². The van der Waals surface area contributed by atoms with E-state index >= 15 is 0 Å². The third-order valence-corrected chi connectivity index (χ3v) is 4.33. The Labute approximate surface area is 124 Å². The fourth-order valence-electron chi connectivity index (χ4n) is 3.30. The van der Waals surface area contributed by atoms with Crippen molar-refractivity contribution >= 4 is 11.8 Å². The third kappa shape index (κ3) is 2.42. The summed E-state index contributed by atoms with van der Waals surface area (Å²) in [5.41, 5.74) is 0.668. The fourth-order valence-corrected chi connectivity index (χ4v) is 3.30. The summed E-state index contributed by atoms with van der Waals surface area (Å²) >= 11 is 0. The molecule has 112 valence electrons. The van der Waals surface area contributed by atoms with Crippen LogP contribution in [0.1, 0.15) is 16.8 Å². The minimum atomic E-state index is -0.250. The molecule has 0 spiro atoms. The normalized spacial score (nSPS) is 27.5. The first-order valence-corrected chi connectivity index (χ1v) is 7.28. The van der Waals surface area contributed by atoms with Crippen LogP contribution in [0.25, 0.3) is 0 Å². The molecule has 3 atom stereocenters. The summed E-state index contributed by atoms with van der Waals surface area (Å²) in [6, 6.07) is 9.25. The Kier molecular flexibility index (Phi) is 3.68. The Balaban J connectivity index is 1.84. The molecule has 2 heterocycles. The number of likely N-dealkylation sites (tertiary alicyclic amines) is 1. The van der Waals surface area contributed by atoms with Crippen LogP contribution in [-0.4, -0.2) is 61.0 Å². The van der Waals surface area contributed by atoms with Crippen molar-refractivity contribution < 1.29 is 14.3 Å². The Bertz CT molecular complexity index is 544. The van der Waals surface area contributed by atoms with Crippen LogP contribution < -0.4 is 0 Å². The Morgan fingerprint density at radius 3 is 2.62 bits per heavy atom. The van der Waals surface area contributed by atoms with Crippen LogP contribution in [0.15, 0.2) is 30.3 Å². The van der Waals surface area contributed by atoms with Crippen molar-refractivity contribution in [2.45, 2.75) is 18.6 Å². The third-order valence-electron chi connectivity index (χ3n) is 4.33. The van der Waals surface area contributed by atoms with Crippen molar-refractivity contribution in [3.05, 3.63) is 35.9 Å². The maximum atomic E-state index is 12.7. The summed E-state index contributed by atoms with van der Waals surface area (Å²) in [5, 5.41) is 0. The van der Waals surface area contributed by atoms with E-state index in [4.69, 9.17) is 4.74 Å². The molecule has 21 heavy (non-hydrogen) atoms. The van der Waals surface area contributed by atoms with Gasteiger partial charge in [-0.05, 0) is 18.6 Å². The number of ether oxygens (including phenoxy) is 1. The smallest absolute Gasteiger partial charge is 0.254 e. The highest BCUT2D eigenvalue weighted by molar-refractivity contribution is 5.95. The molecule has 1 aromatic carbocycles. The molecule has 5 nitrogen and oxygen atoms in total. The van der Waals surface area contributed by atoms with Gasteiger partial charge in [0, 0.05) is 32.8 Å². The van der Waals surface area contributed by atoms with E-state index in [0.717, 1.165) is 6.42 Å². The molecule has 0 aliphatic carbocycles. The number of hydrogen-bond acceptors (Lipinski definition) is 3. The van der Waals surface area contributed by atoms with Crippen LogP contribution in [0.3, 0.4) is 0 Å². The summed E-state index contributed by atoms with van der Waals surface area (Å²) in [5.74, 6) is -0.222. The lowest BCUT2D eigenvalue weighted by Gasteiger charge is -2.22. The first-order chi connectivity index (χ1) is 10.1. The number of amides is 2. The minimum absolute atomic E-state index is 0.00911. The maximum Gasteiger partial charge on any atom is 0.254 e. The van der Waals surface area contributed by atoms with Gasteiger partial charge in [-0.25, -0.2) is 0 Å². The Morgan fingerprint density at radius 1 is 1.24 bits per heavy atom. The van der Waals surface area contributed by atoms with E-state index in [1.165, 1.54) is 0 Å². The number of carbonyl (C=O) groups excluding carboxylic acids is 2. The minimum Gasteiger partial charge on any atom is -0.375 e. The van der Waals surface area contributed by atoms with Gasteiger partial charge in [0.15, 0.2) is 0 Å². The zero-order valence-electron chi connectivity index (χ0n) is 12.4. The van der Waals surface area contributed by atoms with E-state index in [9.17, 15) is 9.59 Å². The largest absolute Gasteiger partial charge is 0.375 e. The summed E-state index contributed by atoms with van der Waals surface area (Å²) in [4.78, 5) is 28.4. The summed E-state index contributed by atoms with van der Waals surface area (Å²) in [7, 11) is 3.49. The van der Waals surface area contributed by atoms with Gasteiger partial charge in [-0.2, -0.15) is 0 Å². The molecule has 0 N–H and O–H groups in total. The highest BCUT2D eigenvalue weighted by Crippen LogP contribution is 2.35. The summed E-state index contributed by atoms with van der Waals surface area (Å²) in [6.45, 7) is 1.06. The van der Waals surface area contributed by atoms with Crippen molar-refractivity contribution in [3.8, 4) is 0 Å². The predicted octanol–water partition coefficient (Wildman–Crippen LogP) is 1.00. The molecule has 2 saturated heterocycles. The number of nitrogens with zero attached hydrogens (tertiary/aromatic N) is 2. The molecular weight excluding hydrogens is 268 g/mol. The Morgan fingerprint density at radius 2 is 1.95 bits per heavy atom. The molecular formula is C16H20N2O3. The molecule has 5 heteroatoms. The van der Waals surface area contributed by atoms with Gasteiger partial charge >= 0.3 is 0 Å². The van der Waals surface area contributed by atoms with Gasteiger partial charge in [0.05, 0.1) is 18.1 Å². The molecule has 2 amide bonds. The predicted molar refractivity (Wildman–Crippen MR) is 77.8 cm³/mol. The highest BCUT2D eigenvalue weighted by Gasteiger charge is 2.50. The van der Waals surface area contributed by atoms with Crippen molar-refractivity contribution in [3.63, 3.8) is 0 Å². The average Bonchev–Trinajstić information content (AvgIpc) is 3.08. The molecule has 0 radical (unpaired) electrons. The van der Waals surface area contributed by atoms with Crippen LogP contribution in [-0.2, 0) is 9.53 Å². The zero-order chi connectivity index (χ0) is 15.0. The molecule has 0 bridgehead atoms. The van der Waals surface area contributed by atoms with E-state index in [1.807, 2.05) is 35.2 Å². The van der Waals surface area contributed by atoms with Gasteiger partial charge in [-0.15, -0.1) is 0 Å². The van der Waals surface area contributed by atoms with Gasteiger partial charge in [-0.1, -0.05) is 18.2 Å². The van der Waals surface area contributed by atoms with E-state index in [0.29, 0.717) is 18.7 Å². The van der Waals surface area contributed by atoms with Crippen LogP contribution in [0.5, 0.6) is 0 Å². The SMILES string of the molecule is CN(C)C(=O)[C@H]1CN(C(=O)c2ccccc2)C2CCOC21. The van der Waals surface area contributed by atoms with Crippen LogP contribution >= 0.6 is 0 Å². The molecule has 0 aromatic heterocycles. The van der Waals surface area contributed by atoms with Gasteiger partial charge in [0.25, 0.3) is 5.91 Å². The van der Waals surface area contributed by atoms with Crippen molar-refractivity contribution in [2.24, 2.45) is 5.92 Å². The topological polar surface area (TPSA) is 49.9 Å². The number of fused-ring (bicyclic) bond motifs is 1. The second-order valence-corrected chi connectivity index (χ2v) is 5.85. The zero-order valence-corrected chi connectivity index (χ0v) is 12.4. The molecule has 3 rings (SSSR count). The summed E-state index contributed by atoms with van der Waals surface area (Å²) in [6.07, 6.45) is 0.646. The van der Waals surface area contributed by atoms with Crippen molar-refractivity contribution in [1.29, 1.82) is 0 Å². The van der Waals surface area contributed by atoms with E-state index in [2.05, 4.69) is 0 Å². The van der Waals surface area contributed by atoms with Crippen LogP contribution in [0, 0.1) is 5.92 Å². The van der Waals surface area contributed by atoms with Gasteiger partial charge < -0.3 is 14.5 Å². The molecule has 0 saturated carbocycles. The van der Waals surface area contributed by atoms with Gasteiger partial charge in [0.2, 0.25) is 5.91 Å². The standard InChI is InChI=1S/C16H20N2O3/c1-17(2)16(20)12-10-18(13-8-9-21-14(12)13)15(19)11-6-4-3-5-7-11/h3-7,12-14H,8-10H2,1-2H3/t12-,13?,14?/m0/s1. The second kappa shape index (κ2) is 5.48. The maximum absolute atomic E-state index is 12.7. The number of rotatable bonds is 2. The average molecular weight is 288 g/mol. The summed E-state index contributed by atoms with van der Waals surface area (Å²) < 4.78 is 5.74. The quantitative estimate of drug-likeness (QED) is 0.816. The number of benzene rings is 1. The van der Waals surface area contributed by atoms with Crippen molar-refractivity contribution in [2.75, 3.05) is 27.2 Å². The number of carbonyl (C=O) groups is 2. The molecule has 1 aromatic rings. The van der Waals surface area contributed by atoms with Crippen LogP contribution in [0.2, 0.25) is 0 Å². The monoisotopic (exact) mass is 288 g/mol. The lowest BCUT2D eigenvalue weighted by atomic mass is 10.0. The lowest BCUT2D eigenvalue weighted by Crippen LogP contribution is -2.37. The molecule has 2 fully saturated rings. The number of hydrogen-bond donors (Lipinski definition) is 0. The van der Waals surface area contributed by atoms with E-state index < -0.39 is 0 Å². The molecule has 2 unspecified atom stereocenters. The first kappa shape index (κ1) is 14.1. The second-order valence-electron chi connectivity index (χ2n) is 5.85. The van der Waals surface area contributed by atoms with Gasteiger partial charge in [-0.3, -0.25) is 9.59 Å². The van der Waals surface area contributed by atoms with Gasteiger partial charge in [0.1, 0.15) is 0 Å². The van der Waals surface area contributed by atoms with Crippen LogP contribution in [0.4, 0.5) is 0 Å².